The van der Waals surface area contributed by atoms with Crippen LogP contribution in [0.3, 0.4) is 0 Å². The molecule has 1 aliphatic heterocycles. The first-order chi connectivity index (χ1) is 10.2. The van der Waals surface area contributed by atoms with Crippen molar-refractivity contribution in [1.29, 1.82) is 0 Å². The van der Waals surface area contributed by atoms with Crippen molar-refractivity contribution in [2.24, 2.45) is 5.92 Å². The molecule has 0 aliphatic carbocycles. The molecular weight excluding hydrogens is 263 g/mol. The van der Waals surface area contributed by atoms with Crippen LogP contribution < -0.4 is 0 Å². The summed E-state index contributed by atoms with van der Waals surface area (Å²) >= 11 is 0. The Kier molecular flexibility index (Phi) is 6.22. The van der Waals surface area contributed by atoms with Gasteiger partial charge in [0, 0.05) is 5.56 Å². The second-order valence-electron chi connectivity index (χ2n) is 6.37. The van der Waals surface area contributed by atoms with Crippen LogP contribution in [-0.4, -0.2) is 6.61 Å². The average molecular weight is 292 g/mol. The Labute approximate surface area is 128 Å². The number of benzene rings is 1. The smallest absolute Gasteiger partial charge is 0.132 e. The molecule has 1 nitrogen and oxygen atoms in total. The first-order valence-corrected chi connectivity index (χ1v) is 8.56. The van der Waals surface area contributed by atoms with E-state index in [0.717, 1.165) is 36.1 Å². The summed E-state index contributed by atoms with van der Waals surface area (Å²) in [4.78, 5) is 0. The van der Waals surface area contributed by atoms with Crippen LogP contribution in [0.2, 0.25) is 0 Å². The van der Waals surface area contributed by atoms with Gasteiger partial charge in [0.15, 0.2) is 0 Å². The van der Waals surface area contributed by atoms with Crippen LogP contribution >= 0.6 is 0 Å². The summed E-state index contributed by atoms with van der Waals surface area (Å²) in [6.45, 7) is 6.98. The fourth-order valence-electron chi connectivity index (χ4n) is 3.34. The second kappa shape index (κ2) is 7.93. The van der Waals surface area contributed by atoms with Gasteiger partial charge in [0.05, 0.1) is 12.7 Å². The molecule has 2 atom stereocenters. The highest BCUT2D eigenvalue weighted by Crippen LogP contribution is 2.35. The summed E-state index contributed by atoms with van der Waals surface area (Å²) in [5.74, 6) is 0.621. The van der Waals surface area contributed by atoms with Crippen LogP contribution in [0.5, 0.6) is 0 Å². The summed E-state index contributed by atoms with van der Waals surface area (Å²) in [6.07, 6.45) is 8.10. The fourth-order valence-corrected chi connectivity index (χ4v) is 3.34. The van der Waals surface area contributed by atoms with Crippen molar-refractivity contribution in [2.75, 3.05) is 6.61 Å². The maximum atomic E-state index is 14.5. The van der Waals surface area contributed by atoms with E-state index in [4.69, 9.17) is 4.74 Å². The molecule has 21 heavy (non-hydrogen) atoms. The standard InChI is InChI=1S/C19H29FO/c1-4-6-7-8-15-9-12-18(21-13-15)17-11-10-16(5-2)14(3)19(17)20/h10-11,15,18H,4-9,12-13H2,1-3H3. The van der Waals surface area contributed by atoms with Crippen molar-refractivity contribution >= 4 is 0 Å². The van der Waals surface area contributed by atoms with Crippen molar-refractivity contribution in [2.45, 2.75) is 71.8 Å². The molecule has 0 bridgehead atoms. The average Bonchev–Trinajstić information content (AvgIpc) is 2.51. The van der Waals surface area contributed by atoms with Gasteiger partial charge in [-0.05, 0) is 49.7 Å². The van der Waals surface area contributed by atoms with Gasteiger partial charge in [-0.1, -0.05) is 45.2 Å². The minimum absolute atomic E-state index is 0.0444. The van der Waals surface area contributed by atoms with E-state index >= 15 is 0 Å². The Hall–Kier alpha value is -0.890. The van der Waals surface area contributed by atoms with E-state index in [1.807, 2.05) is 13.0 Å². The molecule has 1 saturated heterocycles. The summed E-state index contributed by atoms with van der Waals surface area (Å²) in [7, 11) is 0. The molecule has 0 amide bonds. The number of halogens is 1. The molecule has 0 N–H and O–H groups in total. The van der Waals surface area contributed by atoms with E-state index in [1.165, 1.54) is 32.1 Å². The lowest BCUT2D eigenvalue weighted by Gasteiger charge is -2.30. The molecule has 1 aromatic rings. The van der Waals surface area contributed by atoms with E-state index in [-0.39, 0.29) is 11.9 Å². The Bertz CT molecular complexity index is 447. The van der Waals surface area contributed by atoms with Crippen molar-refractivity contribution in [3.63, 3.8) is 0 Å². The third kappa shape index (κ3) is 4.06. The first-order valence-electron chi connectivity index (χ1n) is 8.56. The summed E-state index contributed by atoms with van der Waals surface area (Å²) < 4.78 is 20.5. The maximum absolute atomic E-state index is 14.5. The molecule has 2 heteroatoms. The molecule has 1 aliphatic rings. The maximum Gasteiger partial charge on any atom is 0.132 e. The third-order valence-corrected chi connectivity index (χ3v) is 4.84. The summed E-state index contributed by atoms with van der Waals surface area (Å²) in [5, 5.41) is 0. The largest absolute Gasteiger partial charge is 0.373 e. The Morgan fingerprint density at radius 2 is 2.00 bits per heavy atom. The number of rotatable bonds is 6. The second-order valence-corrected chi connectivity index (χ2v) is 6.37. The topological polar surface area (TPSA) is 9.23 Å². The molecule has 2 rings (SSSR count). The van der Waals surface area contributed by atoms with Crippen LogP contribution in [0.4, 0.5) is 4.39 Å². The molecular formula is C19H29FO. The van der Waals surface area contributed by atoms with Crippen LogP contribution in [0.25, 0.3) is 0 Å². The highest BCUT2D eigenvalue weighted by molar-refractivity contribution is 5.34. The van der Waals surface area contributed by atoms with Crippen molar-refractivity contribution in [1.82, 2.24) is 0 Å². The van der Waals surface area contributed by atoms with Gasteiger partial charge in [-0.15, -0.1) is 0 Å². The van der Waals surface area contributed by atoms with Crippen LogP contribution in [0.1, 0.15) is 75.2 Å². The molecule has 1 heterocycles. The molecule has 118 valence electrons. The lowest BCUT2D eigenvalue weighted by atomic mass is 9.89. The van der Waals surface area contributed by atoms with E-state index in [0.29, 0.717) is 5.92 Å². The highest BCUT2D eigenvalue weighted by Gasteiger charge is 2.25. The quantitative estimate of drug-likeness (QED) is 0.607. The van der Waals surface area contributed by atoms with Crippen LogP contribution in [0.15, 0.2) is 12.1 Å². The van der Waals surface area contributed by atoms with E-state index in [9.17, 15) is 4.39 Å². The molecule has 0 saturated carbocycles. The van der Waals surface area contributed by atoms with Crippen molar-refractivity contribution < 1.29 is 9.13 Å². The molecule has 1 fully saturated rings. The van der Waals surface area contributed by atoms with Crippen LogP contribution in [0, 0.1) is 18.7 Å². The highest BCUT2D eigenvalue weighted by atomic mass is 19.1. The minimum Gasteiger partial charge on any atom is -0.373 e. The van der Waals surface area contributed by atoms with Gasteiger partial charge in [0.1, 0.15) is 5.82 Å². The van der Waals surface area contributed by atoms with Gasteiger partial charge < -0.3 is 4.74 Å². The molecule has 2 unspecified atom stereocenters. The Balaban J connectivity index is 1.95. The minimum atomic E-state index is -0.0521. The zero-order valence-corrected chi connectivity index (χ0v) is 13.8. The monoisotopic (exact) mass is 292 g/mol. The lowest BCUT2D eigenvalue weighted by Crippen LogP contribution is -2.21. The summed E-state index contributed by atoms with van der Waals surface area (Å²) in [6, 6.07) is 3.99. The predicted molar refractivity (Wildman–Crippen MR) is 86.1 cm³/mol. The van der Waals surface area contributed by atoms with Gasteiger partial charge >= 0.3 is 0 Å². The number of ether oxygens (including phenoxy) is 1. The lowest BCUT2D eigenvalue weighted by molar-refractivity contribution is -0.0216. The van der Waals surface area contributed by atoms with E-state index in [2.05, 4.69) is 19.9 Å². The number of hydrogen-bond donors (Lipinski definition) is 0. The van der Waals surface area contributed by atoms with E-state index in [1.54, 1.807) is 0 Å². The van der Waals surface area contributed by atoms with Gasteiger partial charge in [-0.2, -0.15) is 0 Å². The number of unbranched alkanes of at least 4 members (excludes halogenated alkanes) is 2. The van der Waals surface area contributed by atoms with Crippen LogP contribution in [-0.2, 0) is 11.2 Å². The molecule has 0 spiro atoms. The SMILES string of the molecule is CCCCCC1CCC(c2ccc(CC)c(C)c2F)OC1. The van der Waals surface area contributed by atoms with Gasteiger partial charge in [-0.3, -0.25) is 0 Å². The van der Waals surface area contributed by atoms with Gasteiger partial charge in [-0.25, -0.2) is 4.39 Å². The van der Waals surface area contributed by atoms with Gasteiger partial charge in [0.25, 0.3) is 0 Å². The normalized spacial score (nSPS) is 22.5. The molecule has 0 radical (unpaired) electrons. The Morgan fingerprint density at radius 1 is 1.19 bits per heavy atom. The number of hydrogen-bond acceptors (Lipinski definition) is 1. The van der Waals surface area contributed by atoms with Gasteiger partial charge in [0.2, 0.25) is 0 Å². The molecule has 0 aromatic heterocycles. The predicted octanol–water partition coefficient (Wildman–Crippen LogP) is 5.74. The zero-order chi connectivity index (χ0) is 15.2. The third-order valence-electron chi connectivity index (χ3n) is 4.84. The fraction of sp³-hybridized carbons (Fsp3) is 0.684. The zero-order valence-electron chi connectivity index (χ0n) is 13.8. The van der Waals surface area contributed by atoms with E-state index < -0.39 is 0 Å². The first kappa shape index (κ1) is 16.5. The van der Waals surface area contributed by atoms with Crippen molar-refractivity contribution in [3.8, 4) is 0 Å². The van der Waals surface area contributed by atoms with Crippen molar-refractivity contribution in [3.05, 3.63) is 34.6 Å². The number of aryl methyl sites for hydroxylation is 1. The Morgan fingerprint density at radius 3 is 2.62 bits per heavy atom. The molecule has 1 aromatic carbocycles. The summed E-state index contributed by atoms with van der Waals surface area (Å²) in [5.41, 5.74) is 2.66.